The second-order valence-corrected chi connectivity index (χ2v) is 5.01. The summed E-state index contributed by atoms with van der Waals surface area (Å²) in [5.74, 6) is -2.08. The Kier molecular flexibility index (Phi) is 7.07. The summed E-state index contributed by atoms with van der Waals surface area (Å²) in [6.07, 6.45) is 0.626. The van der Waals surface area contributed by atoms with Crippen molar-refractivity contribution in [3.05, 3.63) is 18.4 Å². The second-order valence-electron chi connectivity index (χ2n) is 5.01. The molecule has 0 aliphatic carbocycles. The first-order valence-electron chi connectivity index (χ1n) is 6.95. The quantitative estimate of drug-likeness (QED) is 0.433. The number of hydrogen-bond acceptors (Lipinski definition) is 8. The van der Waals surface area contributed by atoms with Crippen molar-refractivity contribution in [2.75, 3.05) is 0 Å². The number of oxazole rings is 1. The molecule has 0 saturated carbocycles. The van der Waals surface area contributed by atoms with Crippen LogP contribution in [0, 0.1) is 5.41 Å². The number of nitrogens with zero attached hydrogens (tertiary/aromatic N) is 1. The first-order chi connectivity index (χ1) is 10.8. The van der Waals surface area contributed by atoms with Gasteiger partial charge in [0, 0.05) is 6.42 Å². The third kappa shape index (κ3) is 5.99. The summed E-state index contributed by atoms with van der Waals surface area (Å²) in [6.45, 7) is 3.29. The molecule has 3 N–H and O–H groups in total. The molecule has 1 rings (SSSR count). The zero-order valence-electron chi connectivity index (χ0n) is 12.8. The lowest BCUT2D eigenvalue weighted by molar-refractivity contribution is -0.152. The van der Waals surface area contributed by atoms with Gasteiger partial charge in [-0.1, -0.05) is 0 Å². The van der Waals surface area contributed by atoms with Crippen LogP contribution in [-0.2, 0) is 19.1 Å². The summed E-state index contributed by atoms with van der Waals surface area (Å²) >= 11 is 0. The lowest BCUT2D eigenvalue weighted by Crippen LogP contribution is -2.44. The zero-order valence-corrected chi connectivity index (χ0v) is 12.8. The molecule has 9 heteroatoms. The molecule has 9 nitrogen and oxygen atoms in total. The van der Waals surface area contributed by atoms with Gasteiger partial charge in [-0.05, 0) is 20.3 Å². The lowest BCUT2D eigenvalue weighted by atomic mass is 10.1. The van der Waals surface area contributed by atoms with E-state index in [1.54, 1.807) is 13.8 Å². The predicted molar refractivity (Wildman–Crippen MR) is 77.6 cm³/mol. The number of esters is 1. The van der Waals surface area contributed by atoms with Crippen LogP contribution in [-0.4, -0.2) is 46.1 Å². The first kappa shape index (κ1) is 18.5. The number of carbonyl (C=O) groups excluding carboxylic acids is 3. The fourth-order valence-electron chi connectivity index (χ4n) is 1.66. The van der Waals surface area contributed by atoms with Crippen LogP contribution in [0.3, 0.4) is 0 Å². The van der Waals surface area contributed by atoms with Gasteiger partial charge in [0.05, 0.1) is 12.3 Å². The van der Waals surface area contributed by atoms with E-state index in [4.69, 9.17) is 10.1 Å². The Morgan fingerprint density at radius 1 is 1.48 bits per heavy atom. The largest absolute Gasteiger partial charge is 0.461 e. The minimum Gasteiger partial charge on any atom is -0.461 e. The maximum atomic E-state index is 12.0. The molecule has 0 aliphatic rings. The normalized spacial score (nSPS) is 13.2. The SMILES string of the molecule is CC(C)OC(=O)[C@H](CCC(=O)C=N)NC(=O)[C@H](O)c1cocn1. The number of aliphatic hydroxyl groups is 1. The molecule has 0 unspecified atom stereocenters. The number of Topliss-reactive ketones (excluding diaryl/α,β-unsaturated/α-hetero) is 1. The predicted octanol–water partition coefficient (Wildman–Crippen LogP) is 0.143. The van der Waals surface area contributed by atoms with E-state index in [9.17, 15) is 19.5 Å². The Hall–Kier alpha value is -2.55. The summed E-state index contributed by atoms with van der Waals surface area (Å²) in [5, 5.41) is 19.0. The Bertz CT molecular complexity index is 555. The van der Waals surface area contributed by atoms with Crippen molar-refractivity contribution < 1.29 is 28.6 Å². The molecule has 126 valence electrons. The molecule has 2 atom stereocenters. The van der Waals surface area contributed by atoms with Crippen molar-refractivity contribution in [3.63, 3.8) is 0 Å². The Morgan fingerprint density at radius 3 is 2.70 bits per heavy atom. The monoisotopic (exact) mass is 325 g/mol. The second kappa shape index (κ2) is 8.79. The molecule has 0 spiro atoms. The van der Waals surface area contributed by atoms with Crippen molar-refractivity contribution in [2.45, 2.75) is 44.9 Å². The van der Waals surface area contributed by atoms with Crippen molar-refractivity contribution in [2.24, 2.45) is 0 Å². The van der Waals surface area contributed by atoms with E-state index in [2.05, 4.69) is 14.7 Å². The molecule has 0 fully saturated rings. The van der Waals surface area contributed by atoms with E-state index < -0.39 is 35.9 Å². The smallest absolute Gasteiger partial charge is 0.328 e. The van der Waals surface area contributed by atoms with Crippen molar-refractivity contribution >= 4 is 23.9 Å². The first-order valence-corrected chi connectivity index (χ1v) is 6.95. The molecule has 0 aromatic carbocycles. The Balaban J connectivity index is 2.74. The van der Waals surface area contributed by atoms with Crippen molar-refractivity contribution in [1.82, 2.24) is 10.3 Å². The van der Waals surface area contributed by atoms with Crippen LogP contribution in [0.2, 0.25) is 0 Å². The third-order valence-electron chi connectivity index (χ3n) is 2.77. The topological polar surface area (TPSA) is 143 Å². The highest BCUT2D eigenvalue weighted by molar-refractivity contribution is 6.26. The number of amides is 1. The number of rotatable bonds is 9. The maximum Gasteiger partial charge on any atom is 0.328 e. The standard InChI is InChI=1S/C14H19N3O6/c1-8(2)23-14(21)10(4-3-9(18)5-15)17-13(20)12(19)11-6-22-7-16-11/h5-8,10,12,15,19H,3-4H2,1-2H3,(H,17,20)/t10-,12+/m0/s1. The van der Waals surface area contributed by atoms with E-state index >= 15 is 0 Å². The van der Waals surface area contributed by atoms with Gasteiger partial charge >= 0.3 is 5.97 Å². The summed E-state index contributed by atoms with van der Waals surface area (Å²) in [4.78, 5) is 38.8. The van der Waals surface area contributed by atoms with Gasteiger partial charge in [-0.2, -0.15) is 0 Å². The molecular formula is C14H19N3O6. The number of ether oxygens (including phenoxy) is 1. The molecule has 1 heterocycles. The molecule has 1 aromatic rings. The summed E-state index contributed by atoms with van der Waals surface area (Å²) < 4.78 is 9.68. The van der Waals surface area contributed by atoms with Gasteiger partial charge in [0.15, 0.2) is 18.3 Å². The van der Waals surface area contributed by atoms with Crippen LogP contribution in [0.15, 0.2) is 17.1 Å². The van der Waals surface area contributed by atoms with Gasteiger partial charge in [-0.15, -0.1) is 0 Å². The maximum absolute atomic E-state index is 12.0. The minimum absolute atomic E-state index is 0.00551. The van der Waals surface area contributed by atoms with E-state index in [1.165, 1.54) is 0 Å². The molecule has 0 radical (unpaired) electrons. The van der Waals surface area contributed by atoms with E-state index in [-0.39, 0.29) is 18.5 Å². The van der Waals surface area contributed by atoms with Gasteiger partial charge in [0.25, 0.3) is 5.91 Å². The Morgan fingerprint density at radius 2 is 2.17 bits per heavy atom. The van der Waals surface area contributed by atoms with Crippen LogP contribution in [0.25, 0.3) is 0 Å². The van der Waals surface area contributed by atoms with Gasteiger partial charge in [-0.3, -0.25) is 9.59 Å². The fraction of sp³-hybridized carbons (Fsp3) is 0.500. The highest BCUT2D eigenvalue weighted by Gasteiger charge is 2.28. The third-order valence-corrected chi connectivity index (χ3v) is 2.77. The fourth-order valence-corrected chi connectivity index (χ4v) is 1.66. The van der Waals surface area contributed by atoms with Crippen molar-refractivity contribution in [1.29, 1.82) is 5.41 Å². The molecule has 1 amide bonds. The number of aromatic nitrogens is 1. The number of carbonyl (C=O) groups is 3. The van der Waals surface area contributed by atoms with Crippen LogP contribution in [0.1, 0.15) is 38.5 Å². The number of nitrogens with one attached hydrogen (secondary N) is 2. The number of hydrogen-bond donors (Lipinski definition) is 3. The molecule has 23 heavy (non-hydrogen) atoms. The molecular weight excluding hydrogens is 306 g/mol. The zero-order chi connectivity index (χ0) is 17.4. The van der Waals surface area contributed by atoms with Crippen LogP contribution < -0.4 is 5.32 Å². The lowest BCUT2D eigenvalue weighted by Gasteiger charge is -2.19. The van der Waals surface area contributed by atoms with Gasteiger partial charge in [0.1, 0.15) is 18.0 Å². The van der Waals surface area contributed by atoms with E-state index in [1.807, 2.05) is 0 Å². The van der Waals surface area contributed by atoms with Crippen LogP contribution in [0.5, 0.6) is 0 Å². The van der Waals surface area contributed by atoms with Gasteiger partial charge in [0.2, 0.25) is 0 Å². The Labute approximate surface area is 132 Å². The van der Waals surface area contributed by atoms with Crippen molar-refractivity contribution in [3.8, 4) is 0 Å². The molecule has 0 aliphatic heterocycles. The van der Waals surface area contributed by atoms with E-state index in [0.29, 0.717) is 6.21 Å². The number of aliphatic hydroxyl groups excluding tert-OH is 1. The van der Waals surface area contributed by atoms with Gasteiger partial charge < -0.3 is 25.0 Å². The van der Waals surface area contributed by atoms with Crippen LogP contribution in [0.4, 0.5) is 0 Å². The average molecular weight is 325 g/mol. The molecule has 0 saturated heterocycles. The summed E-state index contributed by atoms with van der Waals surface area (Å²) in [5.41, 5.74) is -0.00551. The highest BCUT2D eigenvalue weighted by Crippen LogP contribution is 2.11. The summed E-state index contributed by atoms with van der Waals surface area (Å²) in [7, 11) is 0. The average Bonchev–Trinajstić information content (AvgIpc) is 3.03. The summed E-state index contributed by atoms with van der Waals surface area (Å²) in [6, 6.07) is -1.12. The van der Waals surface area contributed by atoms with E-state index in [0.717, 1.165) is 12.7 Å². The number of ketones is 1. The molecule has 1 aromatic heterocycles. The molecule has 0 bridgehead atoms. The van der Waals surface area contributed by atoms with Crippen LogP contribution >= 0.6 is 0 Å². The highest BCUT2D eigenvalue weighted by atomic mass is 16.5. The minimum atomic E-state index is -1.61. The van der Waals surface area contributed by atoms with Gasteiger partial charge in [-0.25, -0.2) is 9.78 Å².